The first-order valence-electron chi connectivity index (χ1n) is 5.50. The average Bonchev–Trinajstić information content (AvgIpc) is 2.36. The lowest BCUT2D eigenvalue weighted by Crippen LogP contribution is -2.26. The second kappa shape index (κ2) is 7.29. The van der Waals surface area contributed by atoms with Crippen LogP contribution in [0.4, 0.5) is 0 Å². The number of hydrogen-bond acceptors (Lipinski definition) is 4. The molecule has 0 radical (unpaired) electrons. The van der Waals surface area contributed by atoms with Crippen molar-refractivity contribution in [3.05, 3.63) is 29.8 Å². The summed E-state index contributed by atoms with van der Waals surface area (Å²) in [5.41, 5.74) is 2.40. The quantitative estimate of drug-likeness (QED) is 0.714. The van der Waals surface area contributed by atoms with Crippen LogP contribution in [0.2, 0.25) is 0 Å². The van der Waals surface area contributed by atoms with E-state index >= 15 is 0 Å². The molecule has 6 nitrogen and oxygen atoms in total. The third-order valence-electron chi connectivity index (χ3n) is 1.95. The average molecular weight is 253 g/mol. The van der Waals surface area contributed by atoms with Crippen molar-refractivity contribution >= 4 is 11.9 Å². The maximum Gasteiger partial charge on any atom is 0.332 e. The normalized spacial score (nSPS) is 9.83. The van der Waals surface area contributed by atoms with E-state index in [2.05, 4.69) is 4.84 Å². The van der Waals surface area contributed by atoms with Gasteiger partial charge in [0.25, 0.3) is 5.91 Å². The van der Waals surface area contributed by atoms with Crippen molar-refractivity contribution < 1.29 is 24.3 Å². The standard InChI is InChI=1S/C12H15NO5/c1-2-7-17-10-5-3-9(4-6-10)12(16)13-18-8-11(14)15/h3-6H,2,7-8H2,1H3,(H,13,16)(H,14,15). The molecule has 98 valence electrons. The molecule has 0 aromatic heterocycles. The molecule has 0 bridgehead atoms. The largest absolute Gasteiger partial charge is 0.494 e. The summed E-state index contributed by atoms with van der Waals surface area (Å²) in [6.45, 7) is 2.04. The van der Waals surface area contributed by atoms with Gasteiger partial charge in [0.1, 0.15) is 5.75 Å². The third-order valence-corrected chi connectivity index (χ3v) is 1.95. The van der Waals surface area contributed by atoms with Crippen LogP contribution in [0.25, 0.3) is 0 Å². The molecule has 0 atom stereocenters. The lowest BCUT2D eigenvalue weighted by molar-refractivity contribution is -0.144. The number of carbonyl (C=O) groups is 2. The van der Waals surface area contributed by atoms with Crippen LogP contribution in [0.1, 0.15) is 23.7 Å². The van der Waals surface area contributed by atoms with E-state index in [0.717, 1.165) is 6.42 Å². The number of ether oxygens (including phenoxy) is 1. The summed E-state index contributed by atoms with van der Waals surface area (Å²) < 4.78 is 5.36. The van der Waals surface area contributed by atoms with Gasteiger partial charge in [-0.15, -0.1) is 0 Å². The Morgan fingerprint density at radius 2 is 1.94 bits per heavy atom. The summed E-state index contributed by atoms with van der Waals surface area (Å²) in [5, 5.41) is 8.32. The highest BCUT2D eigenvalue weighted by atomic mass is 16.7. The van der Waals surface area contributed by atoms with Crippen molar-refractivity contribution in [3.8, 4) is 5.75 Å². The molecule has 1 rings (SSSR count). The Balaban J connectivity index is 2.46. The lowest BCUT2D eigenvalue weighted by Gasteiger charge is -2.06. The minimum Gasteiger partial charge on any atom is -0.494 e. The molecule has 1 amide bonds. The molecule has 1 aromatic rings. The number of carbonyl (C=O) groups excluding carboxylic acids is 1. The summed E-state index contributed by atoms with van der Waals surface area (Å²) in [6.07, 6.45) is 0.908. The number of hydroxylamine groups is 1. The van der Waals surface area contributed by atoms with Gasteiger partial charge in [0.2, 0.25) is 0 Å². The Labute approximate surface area is 104 Å². The molecular weight excluding hydrogens is 238 g/mol. The van der Waals surface area contributed by atoms with E-state index in [9.17, 15) is 9.59 Å². The van der Waals surface area contributed by atoms with Gasteiger partial charge in [-0.3, -0.25) is 9.63 Å². The third kappa shape index (κ3) is 4.84. The first-order valence-corrected chi connectivity index (χ1v) is 5.50. The highest BCUT2D eigenvalue weighted by Gasteiger charge is 2.06. The zero-order chi connectivity index (χ0) is 13.4. The first kappa shape index (κ1) is 14.0. The molecule has 0 aliphatic heterocycles. The highest BCUT2D eigenvalue weighted by molar-refractivity contribution is 5.93. The van der Waals surface area contributed by atoms with Crippen molar-refractivity contribution in [2.45, 2.75) is 13.3 Å². The number of rotatable bonds is 7. The Morgan fingerprint density at radius 1 is 1.28 bits per heavy atom. The van der Waals surface area contributed by atoms with Crippen LogP contribution >= 0.6 is 0 Å². The maximum atomic E-state index is 11.5. The maximum absolute atomic E-state index is 11.5. The van der Waals surface area contributed by atoms with Crippen LogP contribution in [-0.2, 0) is 9.63 Å². The summed E-state index contributed by atoms with van der Waals surface area (Å²) in [4.78, 5) is 26.1. The van der Waals surface area contributed by atoms with Gasteiger partial charge in [0, 0.05) is 5.56 Å². The predicted molar refractivity (Wildman–Crippen MR) is 63.3 cm³/mol. The van der Waals surface area contributed by atoms with E-state index < -0.39 is 18.5 Å². The van der Waals surface area contributed by atoms with E-state index in [-0.39, 0.29) is 0 Å². The van der Waals surface area contributed by atoms with Gasteiger partial charge >= 0.3 is 5.97 Å². The number of carboxylic acids is 1. The van der Waals surface area contributed by atoms with Crippen molar-refractivity contribution in [3.63, 3.8) is 0 Å². The fourth-order valence-corrected chi connectivity index (χ4v) is 1.14. The molecule has 1 aromatic carbocycles. The monoisotopic (exact) mass is 253 g/mol. The van der Waals surface area contributed by atoms with E-state index in [1.807, 2.05) is 12.4 Å². The Bertz CT molecular complexity index is 401. The SMILES string of the molecule is CCCOc1ccc(C(=O)NOCC(=O)O)cc1. The van der Waals surface area contributed by atoms with Crippen LogP contribution in [0.3, 0.4) is 0 Å². The van der Waals surface area contributed by atoms with E-state index in [0.29, 0.717) is 17.9 Å². The number of carboxylic acid groups (broad SMARTS) is 1. The molecule has 6 heteroatoms. The van der Waals surface area contributed by atoms with Gasteiger partial charge in [0.05, 0.1) is 6.61 Å². The van der Waals surface area contributed by atoms with E-state index in [1.165, 1.54) is 0 Å². The second-order valence-electron chi connectivity index (χ2n) is 3.49. The molecule has 0 aliphatic carbocycles. The molecule has 0 fully saturated rings. The molecule has 0 unspecified atom stereocenters. The van der Waals surface area contributed by atoms with Crippen molar-refractivity contribution in [2.75, 3.05) is 13.2 Å². The number of aliphatic carboxylic acids is 1. The number of nitrogens with one attached hydrogen (secondary N) is 1. The first-order chi connectivity index (χ1) is 8.63. The van der Waals surface area contributed by atoms with Crippen LogP contribution in [-0.4, -0.2) is 30.2 Å². The molecule has 0 spiro atoms. The zero-order valence-corrected chi connectivity index (χ0v) is 10.0. The molecule has 0 heterocycles. The topological polar surface area (TPSA) is 84.9 Å². The van der Waals surface area contributed by atoms with Crippen molar-refractivity contribution in [1.29, 1.82) is 0 Å². The van der Waals surface area contributed by atoms with E-state index in [4.69, 9.17) is 9.84 Å². The van der Waals surface area contributed by atoms with Crippen LogP contribution in [0.5, 0.6) is 5.75 Å². The molecule has 18 heavy (non-hydrogen) atoms. The molecule has 2 N–H and O–H groups in total. The van der Waals surface area contributed by atoms with Crippen LogP contribution in [0.15, 0.2) is 24.3 Å². The van der Waals surface area contributed by atoms with Gasteiger partial charge in [-0.05, 0) is 30.7 Å². The fraction of sp³-hybridized carbons (Fsp3) is 0.333. The Morgan fingerprint density at radius 3 is 2.50 bits per heavy atom. The molecule has 0 saturated heterocycles. The minimum atomic E-state index is -1.15. The summed E-state index contributed by atoms with van der Waals surface area (Å²) in [6, 6.07) is 6.48. The number of hydrogen-bond donors (Lipinski definition) is 2. The van der Waals surface area contributed by atoms with Crippen LogP contribution in [0, 0.1) is 0 Å². The smallest absolute Gasteiger partial charge is 0.332 e. The zero-order valence-electron chi connectivity index (χ0n) is 10.0. The number of benzene rings is 1. The summed E-state index contributed by atoms with van der Waals surface area (Å²) >= 11 is 0. The minimum absolute atomic E-state index is 0.365. The molecule has 0 aliphatic rings. The summed E-state index contributed by atoms with van der Waals surface area (Å²) in [5.74, 6) is -0.975. The van der Waals surface area contributed by atoms with Gasteiger partial charge < -0.3 is 9.84 Å². The number of amides is 1. The Kier molecular flexibility index (Phi) is 5.66. The van der Waals surface area contributed by atoms with Crippen molar-refractivity contribution in [2.24, 2.45) is 0 Å². The van der Waals surface area contributed by atoms with Crippen LogP contribution < -0.4 is 10.2 Å². The molecular formula is C12H15NO5. The molecule has 0 saturated carbocycles. The summed E-state index contributed by atoms with van der Waals surface area (Å²) in [7, 11) is 0. The second-order valence-corrected chi connectivity index (χ2v) is 3.49. The highest BCUT2D eigenvalue weighted by Crippen LogP contribution is 2.12. The van der Waals surface area contributed by atoms with Crippen molar-refractivity contribution in [1.82, 2.24) is 5.48 Å². The van der Waals surface area contributed by atoms with E-state index in [1.54, 1.807) is 24.3 Å². The predicted octanol–water partition coefficient (Wildman–Crippen LogP) is 1.22. The van der Waals surface area contributed by atoms with Gasteiger partial charge in [-0.2, -0.15) is 0 Å². The van der Waals surface area contributed by atoms with Gasteiger partial charge in [0.15, 0.2) is 6.61 Å². The fourth-order valence-electron chi connectivity index (χ4n) is 1.14. The lowest BCUT2D eigenvalue weighted by atomic mass is 10.2. The van der Waals surface area contributed by atoms with Gasteiger partial charge in [-0.1, -0.05) is 6.92 Å². The van der Waals surface area contributed by atoms with Gasteiger partial charge in [-0.25, -0.2) is 10.3 Å². The Hall–Kier alpha value is -2.08.